The zero-order valence-corrected chi connectivity index (χ0v) is 16.6. The van der Waals surface area contributed by atoms with Gasteiger partial charge in [-0.05, 0) is 74.7 Å². The van der Waals surface area contributed by atoms with Gasteiger partial charge in [0.1, 0.15) is 11.6 Å². The average Bonchev–Trinajstić information content (AvgIpc) is 2.93. The number of rotatable bonds is 4. The Labute approximate surface area is 165 Å². The molecule has 1 amide bonds. The molecule has 4 heteroatoms. The first-order chi connectivity index (χ1) is 13.4. The topological polar surface area (TPSA) is 57.8 Å². The minimum absolute atomic E-state index is 0.0755. The Morgan fingerprint density at radius 1 is 1.04 bits per heavy atom. The third-order valence-electron chi connectivity index (χ3n) is 4.77. The van der Waals surface area contributed by atoms with Crippen LogP contribution in [0, 0.1) is 39.0 Å². The van der Waals surface area contributed by atoms with E-state index in [9.17, 15) is 10.1 Å². The largest absolute Gasteiger partial charge is 0.321 e. The van der Waals surface area contributed by atoms with Gasteiger partial charge in [0, 0.05) is 22.8 Å². The monoisotopic (exact) mass is 369 g/mol. The molecule has 0 bridgehead atoms. The first-order valence-corrected chi connectivity index (χ1v) is 9.15. The number of aromatic nitrogens is 1. The molecular weight excluding hydrogens is 346 g/mol. The molecule has 3 rings (SSSR count). The number of benzene rings is 2. The number of nitrogens with zero attached hydrogens (tertiary/aromatic N) is 2. The molecule has 2 aromatic carbocycles. The SMILES string of the molecule is Cc1cccc(NC(=O)C(C#N)=Cc2cc(C)n(-c3ccccc3C)c2C)c1. The molecule has 0 atom stereocenters. The van der Waals surface area contributed by atoms with E-state index in [2.05, 4.69) is 28.9 Å². The summed E-state index contributed by atoms with van der Waals surface area (Å²) >= 11 is 0. The molecule has 0 saturated carbocycles. The lowest BCUT2D eigenvalue weighted by molar-refractivity contribution is -0.112. The van der Waals surface area contributed by atoms with E-state index in [1.165, 1.54) is 0 Å². The van der Waals surface area contributed by atoms with Crippen LogP contribution < -0.4 is 5.32 Å². The van der Waals surface area contributed by atoms with Crippen LogP contribution in [-0.2, 0) is 4.79 Å². The maximum Gasteiger partial charge on any atom is 0.266 e. The molecule has 0 fully saturated rings. The third-order valence-corrected chi connectivity index (χ3v) is 4.77. The molecule has 4 nitrogen and oxygen atoms in total. The number of nitrogens with one attached hydrogen (secondary N) is 1. The van der Waals surface area contributed by atoms with E-state index >= 15 is 0 Å². The summed E-state index contributed by atoms with van der Waals surface area (Å²) in [5.74, 6) is -0.409. The van der Waals surface area contributed by atoms with Crippen molar-refractivity contribution in [3.05, 3.63) is 88.2 Å². The van der Waals surface area contributed by atoms with Crippen LogP contribution in [-0.4, -0.2) is 10.5 Å². The van der Waals surface area contributed by atoms with Crippen molar-refractivity contribution in [1.82, 2.24) is 4.57 Å². The number of nitriles is 1. The van der Waals surface area contributed by atoms with Crippen molar-refractivity contribution in [2.45, 2.75) is 27.7 Å². The first-order valence-electron chi connectivity index (χ1n) is 9.15. The highest BCUT2D eigenvalue weighted by Crippen LogP contribution is 2.25. The van der Waals surface area contributed by atoms with Crippen LogP contribution in [0.4, 0.5) is 5.69 Å². The van der Waals surface area contributed by atoms with Crippen molar-refractivity contribution in [2.24, 2.45) is 0 Å². The molecule has 1 N–H and O–H groups in total. The molecule has 0 saturated heterocycles. The number of carbonyl (C=O) groups excluding carboxylic acids is 1. The zero-order chi connectivity index (χ0) is 20.3. The van der Waals surface area contributed by atoms with Crippen LogP contribution in [0.3, 0.4) is 0 Å². The summed E-state index contributed by atoms with van der Waals surface area (Å²) in [5, 5.41) is 12.3. The molecule has 28 heavy (non-hydrogen) atoms. The normalized spacial score (nSPS) is 11.2. The van der Waals surface area contributed by atoms with E-state index in [0.717, 1.165) is 33.8 Å². The zero-order valence-electron chi connectivity index (χ0n) is 16.6. The van der Waals surface area contributed by atoms with E-state index in [0.29, 0.717) is 5.69 Å². The Kier molecular flexibility index (Phi) is 5.47. The number of anilines is 1. The van der Waals surface area contributed by atoms with Gasteiger partial charge in [0.25, 0.3) is 5.91 Å². The number of hydrogen-bond donors (Lipinski definition) is 1. The van der Waals surface area contributed by atoms with Crippen molar-refractivity contribution in [2.75, 3.05) is 5.32 Å². The fraction of sp³-hybridized carbons (Fsp3) is 0.167. The maximum absolute atomic E-state index is 12.6. The van der Waals surface area contributed by atoms with Gasteiger partial charge in [-0.25, -0.2) is 0 Å². The second-order valence-corrected chi connectivity index (χ2v) is 6.94. The summed E-state index contributed by atoms with van der Waals surface area (Å²) in [4.78, 5) is 12.6. The molecule has 0 aliphatic rings. The van der Waals surface area contributed by atoms with E-state index in [-0.39, 0.29) is 5.57 Å². The number of aryl methyl sites for hydroxylation is 3. The molecule has 140 valence electrons. The quantitative estimate of drug-likeness (QED) is 0.504. The first kappa shape index (κ1) is 19.2. The Bertz CT molecular complexity index is 1110. The number of carbonyl (C=O) groups is 1. The highest BCUT2D eigenvalue weighted by atomic mass is 16.1. The van der Waals surface area contributed by atoms with Crippen LogP contribution in [0.5, 0.6) is 0 Å². The Balaban J connectivity index is 1.95. The second kappa shape index (κ2) is 7.98. The minimum Gasteiger partial charge on any atom is -0.321 e. The number of hydrogen-bond acceptors (Lipinski definition) is 2. The van der Waals surface area contributed by atoms with Gasteiger partial charge in [0.15, 0.2) is 0 Å². The van der Waals surface area contributed by atoms with Gasteiger partial charge in [0.2, 0.25) is 0 Å². The van der Waals surface area contributed by atoms with Gasteiger partial charge in [-0.15, -0.1) is 0 Å². The van der Waals surface area contributed by atoms with Gasteiger partial charge in [-0.2, -0.15) is 5.26 Å². The Morgan fingerprint density at radius 3 is 2.46 bits per heavy atom. The lowest BCUT2D eigenvalue weighted by Crippen LogP contribution is -2.13. The van der Waals surface area contributed by atoms with Crippen LogP contribution in [0.15, 0.2) is 60.2 Å². The molecule has 1 aromatic heterocycles. The van der Waals surface area contributed by atoms with E-state index in [1.54, 1.807) is 6.08 Å². The highest BCUT2D eigenvalue weighted by molar-refractivity contribution is 6.09. The van der Waals surface area contributed by atoms with Crippen LogP contribution in [0.1, 0.15) is 28.1 Å². The predicted molar refractivity (Wildman–Crippen MR) is 113 cm³/mol. The third kappa shape index (κ3) is 3.89. The van der Waals surface area contributed by atoms with E-state index < -0.39 is 5.91 Å². The summed E-state index contributed by atoms with van der Waals surface area (Å²) in [6.45, 7) is 8.05. The average molecular weight is 369 g/mol. The minimum atomic E-state index is -0.409. The molecule has 3 aromatic rings. The maximum atomic E-state index is 12.6. The van der Waals surface area contributed by atoms with Crippen molar-refractivity contribution in [3.8, 4) is 11.8 Å². The number of para-hydroxylation sites is 1. The highest BCUT2D eigenvalue weighted by Gasteiger charge is 2.14. The van der Waals surface area contributed by atoms with E-state index in [1.807, 2.05) is 69.3 Å². The van der Waals surface area contributed by atoms with Gasteiger partial charge in [-0.1, -0.05) is 30.3 Å². The summed E-state index contributed by atoms with van der Waals surface area (Å²) in [5.41, 5.74) is 6.96. The van der Waals surface area contributed by atoms with Crippen molar-refractivity contribution in [1.29, 1.82) is 5.26 Å². The second-order valence-electron chi connectivity index (χ2n) is 6.94. The van der Waals surface area contributed by atoms with Crippen molar-refractivity contribution in [3.63, 3.8) is 0 Å². The molecule has 0 aliphatic heterocycles. The van der Waals surface area contributed by atoms with Crippen LogP contribution in [0.2, 0.25) is 0 Å². The molecule has 0 radical (unpaired) electrons. The van der Waals surface area contributed by atoms with Gasteiger partial charge in [-0.3, -0.25) is 4.79 Å². The molecule has 0 spiro atoms. The fourth-order valence-corrected chi connectivity index (χ4v) is 3.34. The van der Waals surface area contributed by atoms with Gasteiger partial charge < -0.3 is 9.88 Å². The lowest BCUT2D eigenvalue weighted by Gasteiger charge is -2.12. The molecule has 0 aliphatic carbocycles. The fourth-order valence-electron chi connectivity index (χ4n) is 3.34. The summed E-state index contributed by atoms with van der Waals surface area (Å²) in [7, 11) is 0. The van der Waals surface area contributed by atoms with Gasteiger partial charge in [0.05, 0.1) is 0 Å². The standard InChI is InChI=1S/C24H23N3O/c1-16-8-7-10-22(12-16)26-24(28)21(15-25)14-20-13-18(3)27(19(20)4)23-11-6-5-9-17(23)2/h5-14H,1-4H3,(H,26,28). The Morgan fingerprint density at radius 2 is 1.79 bits per heavy atom. The molecular formula is C24H23N3O. The lowest BCUT2D eigenvalue weighted by atomic mass is 10.1. The summed E-state index contributed by atoms with van der Waals surface area (Å²) in [6.07, 6.45) is 1.65. The predicted octanol–water partition coefficient (Wildman–Crippen LogP) is 5.26. The summed E-state index contributed by atoms with van der Waals surface area (Å²) < 4.78 is 2.15. The smallest absolute Gasteiger partial charge is 0.266 e. The van der Waals surface area contributed by atoms with Crippen LogP contribution >= 0.6 is 0 Å². The Hall–Kier alpha value is -3.58. The molecule has 1 heterocycles. The van der Waals surface area contributed by atoms with Crippen molar-refractivity contribution >= 4 is 17.7 Å². The van der Waals surface area contributed by atoms with Crippen molar-refractivity contribution < 1.29 is 4.79 Å². The molecule has 0 unspecified atom stereocenters. The van der Waals surface area contributed by atoms with E-state index in [4.69, 9.17) is 0 Å². The van der Waals surface area contributed by atoms with Gasteiger partial charge >= 0.3 is 0 Å². The van der Waals surface area contributed by atoms with Crippen LogP contribution in [0.25, 0.3) is 11.8 Å². The number of amides is 1. The summed E-state index contributed by atoms with van der Waals surface area (Å²) in [6, 6.07) is 19.7.